The van der Waals surface area contributed by atoms with Crippen LogP contribution in [0.25, 0.3) is 0 Å². The molecule has 0 atom stereocenters. The molecular formula is C10H24CoN4. The van der Waals surface area contributed by atoms with Gasteiger partial charge in [0.15, 0.2) is 0 Å². The predicted octanol–water partition coefficient (Wildman–Crippen LogP) is -0.864. The number of rotatable bonds is 0. The molecule has 1 heterocycles. The van der Waals surface area contributed by atoms with Gasteiger partial charge in [-0.15, -0.1) is 0 Å². The second-order valence-corrected chi connectivity index (χ2v) is 3.71. The Morgan fingerprint density at radius 1 is 0.400 bits per heavy atom. The van der Waals surface area contributed by atoms with E-state index in [0.717, 1.165) is 52.4 Å². The van der Waals surface area contributed by atoms with E-state index in [0.29, 0.717) is 0 Å². The Morgan fingerprint density at radius 2 is 0.667 bits per heavy atom. The number of nitrogens with one attached hydrogen (secondary N) is 4. The van der Waals surface area contributed by atoms with Crippen LogP contribution >= 0.6 is 0 Å². The van der Waals surface area contributed by atoms with Crippen LogP contribution in [0.5, 0.6) is 0 Å². The van der Waals surface area contributed by atoms with Gasteiger partial charge in [-0.25, -0.2) is 0 Å². The summed E-state index contributed by atoms with van der Waals surface area (Å²) >= 11 is 0. The Kier molecular flexibility index (Phi) is 12.7. The zero-order chi connectivity index (χ0) is 9.90. The van der Waals surface area contributed by atoms with Crippen LogP contribution in [0, 0.1) is 0 Å². The van der Waals surface area contributed by atoms with Gasteiger partial charge < -0.3 is 21.3 Å². The fraction of sp³-hybridized carbons (Fsp3) is 1.00. The molecule has 4 nitrogen and oxygen atoms in total. The van der Waals surface area contributed by atoms with Crippen LogP contribution in [0.15, 0.2) is 0 Å². The summed E-state index contributed by atoms with van der Waals surface area (Å²) in [5, 5.41) is 13.7. The summed E-state index contributed by atoms with van der Waals surface area (Å²) in [6.45, 7) is 8.87. The third-order valence-electron chi connectivity index (χ3n) is 2.37. The molecule has 0 aliphatic carbocycles. The van der Waals surface area contributed by atoms with Crippen molar-refractivity contribution >= 4 is 0 Å². The van der Waals surface area contributed by atoms with Crippen molar-refractivity contribution in [3.63, 3.8) is 0 Å². The van der Waals surface area contributed by atoms with Crippen molar-refractivity contribution in [3.8, 4) is 0 Å². The largest absolute Gasteiger partial charge is 0.315 e. The van der Waals surface area contributed by atoms with E-state index in [2.05, 4.69) is 21.3 Å². The molecule has 0 spiro atoms. The Bertz CT molecular complexity index is 70.7. The van der Waals surface area contributed by atoms with E-state index in [1.54, 1.807) is 0 Å². The molecule has 1 saturated heterocycles. The van der Waals surface area contributed by atoms with Gasteiger partial charge in [-0.1, -0.05) is 0 Å². The van der Waals surface area contributed by atoms with Crippen molar-refractivity contribution in [2.75, 3.05) is 52.4 Å². The molecule has 0 unspecified atom stereocenters. The van der Waals surface area contributed by atoms with Crippen LogP contribution in [-0.4, -0.2) is 52.4 Å². The normalized spacial score (nSPS) is 22.4. The molecule has 1 aliphatic rings. The average Bonchev–Trinajstić information content (AvgIpc) is 2.22. The molecule has 0 aromatic heterocycles. The molecule has 5 heteroatoms. The summed E-state index contributed by atoms with van der Waals surface area (Å²) in [4.78, 5) is 0. The van der Waals surface area contributed by atoms with Crippen LogP contribution in [0.1, 0.15) is 12.8 Å². The first-order valence-electron chi connectivity index (χ1n) is 5.83. The molecule has 1 rings (SSSR count). The first-order valence-corrected chi connectivity index (χ1v) is 5.83. The Balaban J connectivity index is 0.00000196. The van der Waals surface area contributed by atoms with Crippen molar-refractivity contribution in [2.45, 2.75) is 12.8 Å². The monoisotopic (exact) mass is 259 g/mol. The summed E-state index contributed by atoms with van der Waals surface area (Å²) in [6.07, 6.45) is 2.44. The molecule has 0 saturated carbocycles. The van der Waals surface area contributed by atoms with Gasteiger partial charge in [-0.05, 0) is 39.0 Å². The van der Waals surface area contributed by atoms with Gasteiger partial charge in [0, 0.05) is 43.0 Å². The summed E-state index contributed by atoms with van der Waals surface area (Å²) < 4.78 is 0. The van der Waals surface area contributed by atoms with E-state index >= 15 is 0 Å². The van der Waals surface area contributed by atoms with E-state index in [4.69, 9.17) is 0 Å². The second kappa shape index (κ2) is 12.4. The van der Waals surface area contributed by atoms with Gasteiger partial charge in [-0.3, -0.25) is 0 Å². The maximum absolute atomic E-state index is 3.42. The number of hydrogen-bond donors (Lipinski definition) is 4. The van der Waals surface area contributed by atoms with Gasteiger partial charge in [0.2, 0.25) is 0 Å². The van der Waals surface area contributed by atoms with E-state index in [1.165, 1.54) is 12.8 Å². The van der Waals surface area contributed by atoms with E-state index in [-0.39, 0.29) is 16.8 Å². The Hall–Kier alpha value is 0.346. The van der Waals surface area contributed by atoms with Crippen molar-refractivity contribution in [3.05, 3.63) is 0 Å². The first kappa shape index (κ1) is 15.3. The van der Waals surface area contributed by atoms with Gasteiger partial charge in [-0.2, -0.15) is 0 Å². The van der Waals surface area contributed by atoms with Crippen LogP contribution in [0.3, 0.4) is 0 Å². The SMILES string of the molecule is C1CNCCNCCCNCCNC1.[Co]. The van der Waals surface area contributed by atoms with Crippen molar-refractivity contribution in [2.24, 2.45) is 0 Å². The molecule has 93 valence electrons. The minimum Gasteiger partial charge on any atom is -0.315 e. The summed E-state index contributed by atoms with van der Waals surface area (Å²) in [7, 11) is 0. The van der Waals surface area contributed by atoms with E-state index in [1.807, 2.05) is 0 Å². The van der Waals surface area contributed by atoms with Crippen molar-refractivity contribution < 1.29 is 16.8 Å². The van der Waals surface area contributed by atoms with Gasteiger partial charge >= 0.3 is 0 Å². The number of hydrogen-bond acceptors (Lipinski definition) is 4. The quantitative estimate of drug-likeness (QED) is 0.457. The smallest absolute Gasteiger partial charge is 0.00767 e. The molecule has 0 amide bonds. The molecular weight excluding hydrogens is 235 g/mol. The topological polar surface area (TPSA) is 48.1 Å². The average molecular weight is 259 g/mol. The van der Waals surface area contributed by atoms with Crippen LogP contribution in [0.2, 0.25) is 0 Å². The first-order chi connectivity index (χ1) is 7.00. The van der Waals surface area contributed by atoms with Crippen molar-refractivity contribution in [1.82, 2.24) is 21.3 Å². The molecule has 1 aliphatic heterocycles. The summed E-state index contributed by atoms with van der Waals surface area (Å²) in [5.74, 6) is 0. The van der Waals surface area contributed by atoms with Crippen LogP contribution < -0.4 is 21.3 Å². The third kappa shape index (κ3) is 10.6. The molecule has 15 heavy (non-hydrogen) atoms. The van der Waals surface area contributed by atoms with Gasteiger partial charge in [0.25, 0.3) is 0 Å². The van der Waals surface area contributed by atoms with Gasteiger partial charge in [0.1, 0.15) is 0 Å². The fourth-order valence-electron chi connectivity index (χ4n) is 1.53. The summed E-state index contributed by atoms with van der Waals surface area (Å²) in [5.41, 5.74) is 0. The standard InChI is InChI=1S/C10H24N4.Co/c1-3-11-7-9-13-5-2-6-14-10-8-12-4-1;/h11-14H,1-10H2;. The molecule has 1 fully saturated rings. The molecule has 0 bridgehead atoms. The maximum atomic E-state index is 3.42. The Labute approximate surface area is 104 Å². The van der Waals surface area contributed by atoms with Crippen molar-refractivity contribution in [1.29, 1.82) is 0 Å². The van der Waals surface area contributed by atoms with Gasteiger partial charge in [0.05, 0.1) is 0 Å². The van der Waals surface area contributed by atoms with Crippen LogP contribution in [-0.2, 0) is 16.8 Å². The molecule has 4 N–H and O–H groups in total. The molecule has 0 aromatic carbocycles. The Morgan fingerprint density at radius 3 is 0.933 bits per heavy atom. The third-order valence-corrected chi connectivity index (χ3v) is 2.37. The second-order valence-electron chi connectivity index (χ2n) is 3.71. The summed E-state index contributed by atoms with van der Waals surface area (Å²) in [6, 6.07) is 0. The fourth-order valence-corrected chi connectivity index (χ4v) is 1.53. The molecule has 1 radical (unpaired) electrons. The minimum absolute atomic E-state index is 0. The maximum Gasteiger partial charge on any atom is 0.00767 e. The van der Waals surface area contributed by atoms with Crippen LogP contribution in [0.4, 0.5) is 0 Å². The predicted molar refractivity (Wildman–Crippen MR) is 60.7 cm³/mol. The minimum atomic E-state index is 0. The molecule has 0 aromatic rings. The van der Waals surface area contributed by atoms with E-state index in [9.17, 15) is 0 Å². The van der Waals surface area contributed by atoms with E-state index < -0.39 is 0 Å². The zero-order valence-electron chi connectivity index (χ0n) is 9.40. The zero-order valence-corrected chi connectivity index (χ0v) is 10.4.